The summed E-state index contributed by atoms with van der Waals surface area (Å²) in [5, 5.41) is 10.6. The number of carbonyl (C=O) groups excluding carboxylic acids is 3. The van der Waals surface area contributed by atoms with Crippen molar-refractivity contribution in [2.24, 2.45) is 0 Å². The lowest BCUT2D eigenvalue weighted by molar-refractivity contribution is -0.126. The van der Waals surface area contributed by atoms with Gasteiger partial charge in [0.05, 0.1) is 24.8 Å². The molecule has 0 spiro atoms. The highest BCUT2D eigenvalue weighted by Gasteiger charge is 2.39. The fourth-order valence-corrected chi connectivity index (χ4v) is 3.58. The third-order valence-corrected chi connectivity index (χ3v) is 5.00. The van der Waals surface area contributed by atoms with Crippen LogP contribution in [0, 0.1) is 0 Å². The molecule has 9 heteroatoms. The monoisotopic (exact) mass is 400 g/mol. The molecule has 1 aliphatic heterocycles. The van der Waals surface area contributed by atoms with E-state index < -0.39 is 28.5 Å². The SMILES string of the molecule is COC(=O)c1cccc(CN2C(=O)S[C@H](Nc3cccc(C(=O)O)c3)C2=O)c1. The molecule has 1 fully saturated rings. The van der Waals surface area contributed by atoms with Crippen molar-refractivity contribution in [2.75, 3.05) is 12.4 Å². The molecule has 1 aliphatic rings. The Labute approximate surface area is 164 Å². The van der Waals surface area contributed by atoms with Crippen LogP contribution in [0.15, 0.2) is 48.5 Å². The fourth-order valence-electron chi connectivity index (χ4n) is 2.67. The number of carboxylic acid groups (broad SMARTS) is 1. The summed E-state index contributed by atoms with van der Waals surface area (Å²) in [6.07, 6.45) is 0. The molecule has 28 heavy (non-hydrogen) atoms. The van der Waals surface area contributed by atoms with Crippen molar-refractivity contribution < 1.29 is 29.0 Å². The van der Waals surface area contributed by atoms with Gasteiger partial charge in [0.2, 0.25) is 0 Å². The van der Waals surface area contributed by atoms with Gasteiger partial charge in [0.15, 0.2) is 5.37 Å². The van der Waals surface area contributed by atoms with Crippen LogP contribution in [0.1, 0.15) is 26.3 Å². The lowest BCUT2D eigenvalue weighted by atomic mass is 10.1. The molecular formula is C19H16N2O6S. The zero-order chi connectivity index (χ0) is 20.3. The van der Waals surface area contributed by atoms with Crippen LogP contribution in [0.4, 0.5) is 10.5 Å². The van der Waals surface area contributed by atoms with Crippen LogP contribution >= 0.6 is 11.8 Å². The molecule has 2 aromatic rings. The molecule has 2 amide bonds. The molecule has 144 valence electrons. The van der Waals surface area contributed by atoms with Crippen molar-refractivity contribution in [3.8, 4) is 0 Å². The number of nitrogens with zero attached hydrogens (tertiary/aromatic N) is 1. The first-order valence-corrected chi connectivity index (χ1v) is 9.06. The normalized spacial score (nSPS) is 16.2. The number of aromatic carboxylic acids is 1. The number of hydrogen-bond donors (Lipinski definition) is 2. The van der Waals surface area contributed by atoms with E-state index in [0.717, 1.165) is 16.7 Å². The number of hydrogen-bond acceptors (Lipinski definition) is 7. The van der Waals surface area contributed by atoms with Crippen LogP contribution in [0.3, 0.4) is 0 Å². The van der Waals surface area contributed by atoms with Gasteiger partial charge in [-0.25, -0.2) is 9.59 Å². The van der Waals surface area contributed by atoms with E-state index in [-0.39, 0.29) is 12.1 Å². The lowest BCUT2D eigenvalue weighted by Crippen LogP contribution is -2.34. The van der Waals surface area contributed by atoms with E-state index in [2.05, 4.69) is 10.1 Å². The van der Waals surface area contributed by atoms with Gasteiger partial charge in [-0.05, 0) is 47.7 Å². The topological polar surface area (TPSA) is 113 Å². The second-order valence-corrected chi connectivity index (χ2v) is 6.97. The van der Waals surface area contributed by atoms with E-state index in [4.69, 9.17) is 5.11 Å². The first-order chi connectivity index (χ1) is 13.4. The highest BCUT2D eigenvalue weighted by molar-refractivity contribution is 8.15. The van der Waals surface area contributed by atoms with Crippen molar-refractivity contribution in [3.05, 3.63) is 65.2 Å². The van der Waals surface area contributed by atoms with Crippen molar-refractivity contribution in [1.82, 2.24) is 4.90 Å². The maximum Gasteiger partial charge on any atom is 0.337 e. The first kappa shape index (κ1) is 19.4. The third-order valence-electron chi connectivity index (χ3n) is 4.03. The highest BCUT2D eigenvalue weighted by atomic mass is 32.2. The minimum Gasteiger partial charge on any atom is -0.478 e. The average Bonchev–Trinajstić information content (AvgIpc) is 2.95. The van der Waals surface area contributed by atoms with Gasteiger partial charge in [-0.1, -0.05) is 18.2 Å². The number of methoxy groups -OCH3 is 1. The number of imide groups is 1. The van der Waals surface area contributed by atoms with Crippen LogP contribution in [-0.4, -0.2) is 45.6 Å². The Kier molecular flexibility index (Phi) is 5.65. The van der Waals surface area contributed by atoms with E-state index in [9.17, 15) is 19.2 Å². The van der Waals surface area contributed by atoms with E-state index in [1.54, 1.807) is 36.4 Å². The minimum absolute atomic E-state index is 0.0167. The summed E-state index contributed by atoms with van der Waals surface area (Å²) in [6.45, 7) is 0.0167. The number of anilines is 1. The Morgan fingerprint density at radius 1 is 1.14 bits per heavy atom. The molecule has 2 aromatic carbocycles. The lowest BCUT2D eigenvalue weighted by Gasteiger charge is -2.15. The van der Waals surface area contributed by atoms with Gasteiger partial charge < -0.3 is 15.2 Å². The van der Waals surface area contributed by atoms with Gasteiger partial charge in [-0.3, -0.25) is 14.5 Å². The summed E-state index contributed by atoms with van der Waals surface area (Å²) in [7, 11) is 1.27. The van der Waals surface area contributed by atoms with E-state index in [1.165, 1.54) is 19.2 Å². The molecule has 0 unspecified atom stereocenters. The summed E-state index contributed by atoms with van der Waals surface area (Å²) in [4.78, 5) is 48.7. The van der Waals surface area contributed by atoms with Gasteiger partial charge >= 0.3 is 11.9 Å². The summed E-state index contributed by atoms with van der Waals surface area (Å²) < 4.78 is 4.67. The number of ether oxygens (including phenoxy) is 1. The second-order valence-electron chi connectivity index (χ2n) is 5.91. The number of rotatable bonds is 6. The van der Waals surface area contributed by atoms with Gasteiger partial charge in [0, 0.05) is 5.69 Å². The zero-order valence-corrected chi connectivity index (χ0v) is 15.6. The average molecular weight is 400 g/mol. The van der Waals surface area contributed by atoms with Crippen molar-refractivity contribution >= 4 is 40.5 Å². The number of benzene rings is 2. The number of thioether (sulfide) groups is 1. The third kappa shape index (κ3) is 4.15. The van der Waals surface area contributed by atoms with Crippen LogP contribution in [0.2, 0.25) is 0 Å². The molecular weight excluding hydrogens is 384 g/mol. The zero-order valence-electron chi connectivity index (χ0n) is 14.7. The Morgan fingerprint density at radius 3 is 2.57 bits per heavy atom. The van der Waals surface area contributed by atoms with Gasteiger partial charge in [-0.15, -0.1) is 0 Å². The van der Waals surface area contributed by atoms with Gasteiger partial charge in [0.1, 0.15) is 0 Å². The minimum atomic E-state index is -1.09. The number of nitrogens with one attached hydrogen (secondary N) is 1. The molecule has 0 radical (unpaired) electrons. The Balaban J connectivity index is 1.73. The highest BCUT2D eigenvalue weighted by Crippen LogP contribution is 2.30. The first-order valence-electron chi connectivity index (χ1n) is 8.18. The number of carboxylic acids is 1. The molecule has 0 bridgehead atoms. The summed E-state index contributed by atoms with van der Waals surface area (Å²) in [5.74, 6) is -2.04. The molecule has 8 nitrogen and oxygen atoms in total. The standard InChI is InChI=1S/C19H16N2O6S/c1-27-18(25)13-6-2-4-11(8-13)10-21-16(22)15(28-19(21)26)20-14-7-3-5-12(9-14)17(23)24/h2-9,15,20H,10H2,1H3,(H,23,24)/t15-/m0/s1. The Hall–Kier alpha value is -3.33. The van der Waals surface area contributed by atoms with Crippen LogP contribution < -0.4 is 5.32 Å². The molecule has 2 N–H and O–H groups in total. The predicted molar refractivity (Wildman–Crippen MR) is 102 cm³/mol. The quantitative estimate of drug-likeness (QED) is 0.712. The van der Waals surface area contributed by atoms with Crippen molar-refractivity contribution in [2.45, 2.75) is 11.9 Å². The van der Waals surface area contributed by atoms with Crippen molar-refractivity contribution in [3.63, 3.8) is 0 Å². The van der Waals surface area contributed by atoms with Crippen LogP contribution in [0.5, 0.6) is 0 Å². The number of carbonyl (C=O) groups is 4. The van der Waals surface area contributed by atoms with Gasteiger partial charge in [-0.2, -0.15) is 0 Å². The maximum atomic E-state index is 12.6. The second kappa shape index (κ2) is 8.13. The van der Waals surface area contributed by atoms with Crippen molar-refractivity contribution in [1.29, 1.82) is 0 Å². The molecule has 1 atom stereocenters. The number of amides is 2. The number of esters is 1. The summed E-state index contributed by atoms with van der Waals surface area (Å²) >= 11 is 0.812. The van der Waals surface area contributed by atoms with E-state index in [0.29, 0.717) is 16.8 Å². The Morgan fingerprint density at radius 2 is 1.86 bits per heavy atom. The summed E-state index contributed by atoms with van der Waals surface area (Å²) in [6, 6.07) is 12.5. The largest absolute Gasteiger partial charge is 0.478 e. The Bertz CT molecular complexity index is 961. The predicted octanol–water partition coefficient (Wildman–Crippen LogP) is 2.81. The van der Waals surface area contributed by atoms with Crippen LogP contribution in [-0.2, 0) is 16.1 Å². The smallest absolute Gasteiger partial charge is 0.337 e. The summed E-state index contributed by atoms with van der Waals surface area (Å²) in [5.41, 5.74) is 1.43. The fraction of sp³-hybridized carbons (Fsp3) is 0.158. The van der Waals surface area contributed by atoms with E-state index >= 15 is 0 Å². The molecule has 0 aliphatic carbocycles. The molecule has 1 heterocycles. The van der Waals surface area contributed by atoms with Gasteiger partial charge in [0.25, 0.3) is 11.1 Å². The maximum absolute atomic E-state index is 12.6. The molecule has 0 saturated carbocycles. The van der Waals surface area contributed by atoms with Crippen LogP contribution in [0.25, 0.3) is 0 Å². The molecule has 3 rings (SSSR count). The molecule has 0 aromatic heterocycles. The molecule has 1 saturated heterocycles. The van der Waals surface area contributed by atoms with E-state index in [1.807, 2.05) is 0 Å².